The van der Waals surface area contributed by atoms with Gasteiger partial charge in [0.1, 0.15) is 6.61 Å². The van der Waals surface area contributed by atoms with E-state index in [-0.39, 0.29) is 12.4 Å². The molecule has 0 atom stereocenters. The van der Waals surface area contributed by atoms with Crippen molar-refractivity contribution in [2.75, 3.05) is 6.61 Å². The first-order valence-corrected chi connectivity index (χ1v) is 10.3. The van der Waals surface area contributed by atoms with Crippen LogP contribution >= 0.6 is 28.3 Å². The fourth-order valence-corrected chi connectivity index (χ4v) is 3.52. The third-order valence-corrected chi connectivity index (χ3v) is 4.96. The van der Waals surface area contributed by atoms with Crippen molar-refractivity contribution in [3.63, 3.8) is 0 Å². The summed E-state index contributed by atoms with van der Waals surface area (Å²) in [6, 6.07) is 22.9. The van der Waals surface area contributed by atoms with Crippen LogP contribution in [-0.2, 0) is 19.7 Å². The Morgan fingerprint density at radius 1 is 0.828 bits per heavy atom. The minimum absolute atomic E-state index is 0. The lowest BCUT2D eigenvalue weighted by Crippen LogP contribution is -2.13. The molecule has 0 heterocycles. The average molecular weight is 477 g/mol. The van der Waals surface area contributed by atoms with Crippen LogP contribution < -0.4 is 14.8 Å². The molecule has 3 rings (SSSR count). The van der Waals surface area contributed by atoms with Crippen LogP contribution in [0.15, 0.2) is 71.2 Å². The van der Waals surface area contributed by atoms with Crippen LogP contribution in [0.2, 0.25) is 0 Å². The molecule has 5 heteroatoms. The van der Waals surface area contributed by atoms with Crippen LogP contribution in [0.4, 0.5) is 0 Å². The predicted molar refractivity (Wildman–Crippen MR) is 125 cm³/mol. The predicted octanol–water partition coefficient (Wildman–Crippen LogP) is 6.45. The number of hydrogen-bond donors (Lipinski definition) is 1. The number of ether oxygens (including phenoxy) is 2. The highest BCUT2D eigenvalue weighted by Crippen LogP contribution is 2.37. The zero-order valence-electron chi connectivity index (χ0n) is 16.8. The molecule has 3 nitrogen and oxygen atoms in total. The largest absolute Gasteiger partial charge is 0.490 e. The molecule has 0 amide bonds. The number of benzene rings is 3. The van der Waals surface area contributed by atoms with E-state index in [1.807, 2.05) is 25.1 Å². The Bertz CT molecular complexity index is 885. The van der Waals surface area contributed by atoms with Crippen molar-refractivity contribution in [3.05, 3.63) is 93.5 Å². The van der Waals surface area contributed by atoms with Gasteiger partial charge in [0.05, 0.1) is 11.1 Å². The lowest BCUT2D eigenvalue weighted by Gasteiger charge is -2.16. The Balaban J connectivity index is 0.00000300. The molecule has 0 radical (unpaired) electrons. The molecule has 0 fully saturated rings. The quantitative estimate of drug-likeness (QED) is 0.385. The van der Waals surface area contributed by atoms with E-state index >= 15 is 0 Å². The maximum atomic E-state index is 6.05. The summed E-state index contributed by atoms with van der Waals surface area (Å²) in [5.41, 5.74) is 4.83. The molecule has 0 aliphatic carbocycles. The second kappa shape index (κ2) is 11.9. The topological polar surface area (TPSA) is 30.5 Å². The fraction of sp³-hybridized carbons (Fsp3) is 0.250. The Morgan fingerprint density at radius 3 is 2.21 bits per heavy atom. The summed E-state index contributed by atoms with van der Waals surface area (Å²) in [4.78, 5) is 0. The first-order chi connectivity index (χ1) is 13.7. The summed E-state index contributed by atoms with van der Waals surface area (Å²) in [5, 5.41) is 3.49. The first-order valence-electron chi connectivity index (χ1n) is 9.54. The van der Waals surface area contributed by atoms with Gasteiger partial charge in [0.15, 0.2) is 11.5 Å². The number of rotatable bonds is 9. The Labute approximate surface area is 188 Å². The lowest BCUT2D eigenvalue weighted by molar-refractivity contribution is 0.267. The molecule has 0 bridgehead atoms. The zero-order valence-corrected chi connectivity index (χ0v) is 19.2. The SMILES string of the molecule is CCOc1cc(CNCc2ccc(C)cc2)cc(Br)c1OCc1ccccc1.Cl. The lowest BCUT2D eigenvalue weighted by atomic mass is 10.1. The minimum atomic E-state index is 0. The minimum Gasteiger partial charge on any atom is -0.490 e. The maximum absolute atomic E-state index is 6.05. The summed E-state index contributed by atoms with van der Waals surface area (Å²) in [6.45, 7) is 6.77. The average Bonchev–Trinajstić information content (AvgIpc) is 2.70. The van der Waals surface area contributed by atoms with E-state index in [1.54, 1.807) is 0 Å². The highest BCUT2D eigenvalue weighted by Gasteiger charge is 2.12. The van der Waals surface area contributed by atoms with Gasteiger partial charge in [0.2, 0.25) is 0 Å². The van der Waals surface area contributed by atoms with Gasteiger partial charge in [-0.1, -0.05) is 60.2 Å². The van der Waals surface area contributed by atoms with Gasteiger partial charge in [-0.25, -0.2) is 0 Å². The second-order valence-electron chi connectivity index (χ2n) is 6.70. The molecule has 0 saturated heterocycles. The molecule has 0 aliphatic rings. The molecule has 0 spiro atoms. The molecule has 154 valence electrons. The normalized spacial score (nSPS) is 10.3. The summed E-state index contributed by atoms with van der Waals surface area (Å²) in [5.74, 6) is 1.51. The third kappa shape index (κ3) is 7.07. The van der Waals surface area contributed by atoms with Crippen LogP contribution in [0, 0.1) is 6.92 Å². The Hall–Kier alpha value is -2.01. The van der Waals surface area contributed by atoms with Gasteiger partial charge in [-0.3, -0.25) is 0 Å². The molecule has 3 aromatic rings. The maximum Gasteiger partial charge on any atom is 0.175 e. The number of halogens is 2. The van der Waals surface area contributed by atoms with Crippen molar-refractivity contribution in [3.8, 4) is 11.5 Å². The highest BCUT2D eigenvalue weighted by atomic mass is 79.9. The van der Waals surface area contributed by atoms with Gasteiger partial charge >= 0.3 is 0 Å². The summed E-state index contributed by atoms with van der Waals surface area (Å²) in [7, 11) is 0. The van der Waals surface area contributed by atoms with E-state index < -0.39 is 0 Å². The van der Waals surface area contributed by atoms with Crippen LogP contribution in [-0.4, -0.2) is 6.61 Å². The van der Waals surface area contributed by atoms with Crippen molar-refractivity contribution < 1.29 is 9.47 Å². The highest BCUT2D eigenvalue weighted by molar-refractivity contribution is 9.10. The summed E-state index contributed by atoms with van der Waals surface area (Å²) in [6.07, 6.45) is 0. The monoisotopic (exact) mass is 475 g/mol. The van der Waals surface area contributed by atoms with Crippen molar-refractivity contribution in [2.45, 2.75) is 33.5 Å². The van der Waals surface area contributed by atoms with Crippen molar-refractivity contribution in [2.24, 2.45) is 0 Å². The van der Waals surface area contributed by atoms with Crippen LogP contribution in [0.25, 0.3) is 0 Å². The Morgan fingerprint density at radius 2 is 1.52 bits per heavy atom. The van der Waals surface area contributed by atoms with Gasteiger partial charge in [-0.05, 0) is 58.6 Å². The van der Waals surface area contributed by atoms with Crippen LogP contribution in [0.3, 0.4) is 0 Å². The van der Waals surface area contributed by atoms with E-state index in [0.29, 0.717) is 13.2 Å². The summed E-state index contributed by atoms with van der Waals surface area (Å²) < 4.78 is 12.8. The molecule has 0 unspecified atom stereocenters. The smallest absolute Gasteiger partial charge is 0.175 e. The van der Waals surface area contributed by atoms with E-state index in [1.165, 1.54) is 11.1 Å². The summed E-state index contributed by atoms with van der Waals surface area (Å²) >= 11 is 3.65. The second-order valence-corrected chi connectivity index (χ2v) is 7.56. The fourth-order valence-electron chi connectivity index (χ4n) is 2.91. The van der Waals surface area contributed by atoms with Crippen molar-refractivity contribution >= 4 is 28.3 Å². The van der Waals surface area contributed by atoms with E-state index in [9.17, 15) is 0 Å². The van der Waals surface area contributed by atoms with Crippen LogP contribution in [0.1, 0.15) is 29.2 Å². The standard InChI is InChI=1S/C24H26BrNO2.ClH/c1-3-27-23-14-21(16-26-15-19-11-9-18(2)10-12-19)13-22(25)24(23)28-17-20-7-5-4-6-8-20;/h4-14,26H,3,15-17H2,1-2H3;1H. The van der Waals surface area contributed by atoms with Gasteiger partial charge in [0.25, 0.3) is 0 Å². The molecular formula is C24H27BrClNO2. The molecule has 0 aromatic heterocycles. The van der Waals surface area contributed by atoms with Gasteiger partial charge in [0, 0.05) is 13.1 Å². The third-order valence-electron chi connectivity index (χ3n) is 4.37. The van der Waals surface area contributed by atoms with E-state index in [0.717, 1.165) is 40.2 Å². The number of aryl methyl sites for hydroxylation is 1. The molecule has 0 saturated carbocycles. The first kappa shape index (κ1) is 23.3. The number of hydrogen-bond acceptors (Lipinski definition) is 3. The van der Waals surface area contributed by atoms with E-state index in [2.05, 4.69) is 76.7 Å². The zero-order chi connectivity index (χ0) is 19.8. The molecule has 0 aliphatic heterocycles. The van der Waals surface area contributed by atoms with Gasteiger partial charge < -0.3 is 14.8 Å². The van der Waals surface area contributed by atoms with E-state index in [4.69, 9.17) is 9.47 Å². The van der Waals surface area contributed by atoms with Crippen LogP contribution in [0.5, 0.6) is 11.5 Å². The molecule has 29 heavy (non-hydrogen) atoms. The molecule has 3 aromatic carbocycles. The molecule has 1 N–H and O–H groups in total. The van der Waals surface area contributed by atoms with Gasteiger partial charge in [-0.2, -0.15) is 0 Å². The van der Waals surface area contributed by atoms with Gasteiger partial charge in [-0.15, -0.1) is 12.4 Å². The van der Waals surface area contributed by atoms with Crippen molar-refractivity contribution in [1.29, 1.82) is 0 Å². The van der Waals surface area contributed by atoms with Crippen molar-refractivity contribution in [1.82, 2.24) is 5.32 Å². The number of nitrogens with one attached hydrogen (secondary N) is 1. The molecular weight excluding hydrogens is 450 g/mol. The Kier molecular flexibility index (Phi) is 9.52.